The summed E-state index contributed by atoms with van der Waals surface area (Å²) in [4.78, 5) is 0. The summed E-state index contributed by atoms with van der Waals surface area (Å²) in [6.45, 7) is 0.249. The van der Waals surface area contributed by atoms with E-state index in [0.29, 0.717) is 11.3 Å². The number of amidine groups is 1. The van der Waals surface area contributed by atoms with E-state index < -0.39 is 5.82 Å². The van der Waals surface area contributed by atoms with E-state index in [4.69, 9.17) is 15.7 Å². The SMILES string of the molecule is COc1ccccc1NCc1cccc(/C(N)=N/O)c1F. The monoisotopic (exact) mass is 289 g/mol. The zero-order valence-corrected chi connectivity index (χ0v) is 11.5. The molecule has 0 unspecified atom stereocenters. The average molecular weight is 289 g/mol. The summed E-state index contributed by atoms with van der Waals surface area (Å²) in [5.41, 5.74) is 6.67. The van der Waals surface area contributed by atoms with E-state index in [9.17, 15) is 4.39 Å². The minimum Gasteiger partial charge on any atom is -0.495 e. The number of nitrogens with two attached hydrogens (primary N) is 1. The van der Waals surface area contributed by atoms with E-state index >= 15 is 0 Å². The third kappa shape index (κ3) is 3.22. The minimum atomic E-state index is -0.518. The lowest BCUT2D eigenvalue weighted by Gasteiger charge is -2.12. The van der Waals surface area contributed by atoms with Crippen molar-refractivity contribution < 1.29 is 14.3 Å². The molecule has 0 atom stereocenters. The molecule has 0 aliphatic carbocycles. The standard InChI is InChI=1S/C15H16FN3O2/c1-21-13-8-3-2-7-12(13)18-9-10-5-4-6-11(14(10)16)15(17)19-20/h2-8,18,20H,9H2,1H3,(H2,17,19). The molecule has 2 aromatic rings. The van der Waals surface area contributed by atoms with Crippen LogP contribution < -0.4 is 15.8 Å². The molecular formula is C15H16FN3O2. The van der Waals surface area contributed by atoms with Crippen LogP contribution >= 0.6 is 0 Å². The molecule has 0 bridgehead atoms. The Bertz CT molecular complexity index is 659. The number of rotatable bonds is 5. The molecule has 6 heteroatoms. The number of hydrogen-bond acceptors (Lipinski definition) is 4. The Labute approximate surface area is 121 Å². The molecule has 0 aromatic heterocycles. The highest BCUT2D eigenvalue weighted by Crippen LogP contribution is 2.24. The van der Waals surface area contributed by atoms with Crippen LogP contribution in [0.4, 0.5) is 10.1 Å². The lowest BCUT2D eigenvalue weighted by atomic mass is 10.1. The van der Waals surface area contributed by atoms with E-state index in [0.717, 1.165) is 5.69 Å². The van der Waals surface area contributed by atoms with Crippen LogP contribution in [0.3, 0.4) is 0 Å². The first-order chi connectivity index (χ1) is 10.2. The summed E-state index contributed by atoms with van der Waals surface area (Å²) in [5, 5.41) is 14.6. The fraction of sp³-hybridized carbons (Fsp3) is 0.133. The van der Waals surface area contributed by atoms with Gasteiger partial charge in [0, 0.05) is 12.1 Å². The van der Waals surface area contributed by atoms with Crippen LogP contribution in [0.25, 0.3) is 0 Å². The summed E-state index contributed by atoms with van der Waals surface area (Å²) in [6, 6.07) is 12.1. The molecule has 110 valence electrons. The summed E-state index contributed by atoms with van der Waals surface area (Å²) in [7, 11) is 1.57. The number of oxime groups is 1. The minimum absolute atomic E-state index is 0.0665. The van der Waals surface area contributed by atoms with E-state index in [1.165, 1.54) is 6.07 Å². The van der Waals surface area contributed by atoms with Gasteiger partial charge in [-0.15, -0.1) is 0 Å². The molecule has 2 rings (SSSR count). The smallest absolute Gasteiger partial charge is 0.173 e. The van der Waals surface area contributed by atoms with Gasteiger partial charge < -0.3 is 21.0 Å². The van der Waals surface area contributed by atoms with Crippen LogP contribution in [0.5, 0.6) is 5.75 Å². The first kappa shape index (κ1) is 14.6. The van der Waals surface area contributed by atoms with Crippen molar-refractivity contribution in [1.29, 1.82) is 0 Å². The van der Waals surface area contributed by atoms with Crippen LogP contribution in [0.1, 0.15) is 11.1 Å². The molecule has 0 heterocycles. The van der Waals surface area contributed by atoms with Crippen LogP contribution in [0.15, 0.2) is 47.6 Å². The second kappa shape index (κ2) is 6.60. The lowest BCUT2D eigenvalue weighted by molar-refractivity contribution is 0.318. The van der Waals surface area contributed by atoms with Crippen molar-refractivity contribution in [3.8, 4) is 5.75 Å². The van der Waals surface area contributed by atoms with Crippen molar-refractivity contribution in [1.82, 2.24) is 0 Å². The quantitative estimate of drug-likeness (QED) is 0.342. The second-order valence-electron chi connectivity index (χ2n) is 4.32. The van der Waals surface area contributed by atoms with Crippen LogP contribution in [-0.4, -0.2) is 18.2 Å². The van der Waals surface area contributed by atoms with Crippen molar-refractivity contribution in [2.45, 2.75) is 6.54 Å². The van der Waals surface area contributed by atoms with Crippen molar-refractivity contribution in [2.24, 2.45) is 10.9 Å². The maximum atomic E-state index is 14.3. The number of benzene rings is 2. The van der Waals surface area contributed by atoms with Gasteiger partial charge in [-0.1, -0.05) is 29.4 Å². The fourth-order valence-electron chi connectivity index (χ4n) is 1.95. The van der Waals surface area contributed by atoms with Gasteiger partial charge in [0.2, 0.25) is 0 Å². The first-order valence-corrected chi connectivity index (χ1v) is 6.29. The van der Waals surface area contributed by atoms with Gasteiger partial charge in [0.25, 0.3) is 0 Å². The Hall–Kier alpha value is -2.76. The predicted octanol–water partition coefficient (Wildman–Crippen LogP) is 2.54. The zero-order chi connectivity index (χ0) is 15.2. The van der Waals surface area contributed by atoms with Gasteiger partial charge in [0.05, 0.1) is 18.4 Å². The van der Waals surface area contributed by atoms with E-state index in [1.807, 2.05) is 24.3 Å². The average Bonchev–Trinajstić information content (AvgIpc) is 2.53. The highest BCUT2D eigenvalue weighted by atomic mass is 19.1. The number of ether oxygens (including phenoxy) is 1. The molecule has 0 aliphatic heterocycles. The van der Waals surface area contributed by atoms with Crippen LogP contribution in [0.2, 0.25) is 0 Å². The van der Waals surface area contributed by atoms with Gasteiger partial charge in [0.15, 0.2) is 5.84 Å². The van der Waals surface area contributed by atoms with Gasteiger partial charge in [0.1, 0.15) is 11.6 Å². The number of halogens is 1. The molecule has 0 spiro atoms. The van der Waals surface area contributed by atoms with Gasteiger partial charge in [-0.25, -0.2) is 4.39 Å². The number of nitrogens with zero attached hydrogens (tertiary/aromatic N) is 1. The van der Waals surface area contributed by atoms with Gasteiger partial charge in [-0.3, -0.25) is 0 Å². The van der Waals surface area contributed by atoms with Crippen molar-refractivity contribution in [3.05, 3.63) is 59.4 Å². The highest BCUT2D eigenvalue weighted by Gasteiger charge is 2.11. The Balaban J connectivity index is 2.21. The number of anilines is 1. The fourth-order valence-corrected chi connectivity index (χ4v) is 1.95. The van der Waals surface area contributed by atoms with E-state index in [-0.39, 0.29) is 17.9 Å². The molecule has 21 heavy (non-hydrogen) atoms. The number of methoxy groups -OCH3 is 1. The largest absolute Gasteiger partial charge is 0.495 e. The Morgan fingerprint density at radius 1 is 1.29 bits per heavy atom. The molecule has 0 radical (unpaired) electrons. The lowest BCUT2D eigenvalue weighted by Crippen LogP contribution is -2.16. The molecule has 2 aromatic carbocycles. The van der Waals surface area contributed by atoms with Crippen LogP contribution in [0, 0.1) is 5.82 Å². The summed E-state index contributed by atoms with van der Waals surface area (Å²) < 4.78 is 19.5. The van der Waals surface area contributed by atoms with Crippen LogP contribution in [-0.2, 0) is 6.54 Å². The molecule has 5 nitrogen and oxygen atoms in total. The van der Waals surface area contributed by atoms with E-state index in [2.05, 4.69) is 10.5 Å². The van der Waals surface area contributed by atoms with Gasteiger partial charge >= 0.3 is 0 Å². The maximum Gasteiger partial charge on any atom is 0.173 e. The van der Waals surface area contributed by atoms with Crippen molar-refractivity contribution in [2.75, 3.05) is 12.4 Å². The normalized spacial score (nSPS) is 11.2. The van der Waals surface area contributed by atoms with Crippen molar-refractivity contribution >= 4 is 11.5 Å². The summed E-state index contributed by atoms with van der Waals surface area (Å²) >= 11 is 0. The number of para-hydroxylation sites is 2. The molecule has 4 N–H and O–H groups in total. The summed E-state index contributed by atoms with van der Waals surface area (Å²) in [5.74, 6) is -0.104. The molecule has 0 aliphatic rings. The first-order valence-electron chi connectivity index (χ1n) is 6.29. The van der Waals surface area contributed by atoms with Gasteiger partial charge in [-0.05, 0) is 18.2 Å². The molecule has 0 fully saturated rings. The van der Waals surface area contributed by atoms with Gasteiger partial charge in [-0.2, -0.15) is 0 Å². The maximum absolute atomic E-state index is 14.3. The second-order valence-corrected chi connectivity index (χ2v) is 4.32. The third-order valence-electron chi connectivity index (χ3n) is 3.04. The third-order valence-corrected chi connectivity index (χ3v) is 3.04. The Kier molecular flexibility index (Phi) is 4.61. The predicted molar refractivity (Wildman–Crippen MR) is 79.2 cm³/mol. The highest BCUT2D eigenvalue weighted by molar-refractivity contribution is 5.97. The summed E-state index contributed by atoms with van der Waals surface area (Å²) in [6.07, 6.45) is 0. The zero-order valence-electron chi connectivity index (χ0n) is 11.5. The molecule has 0 amide bonds. The Morgan fingerprint density at radius 2 is 2.05 bits per heavy atom. The number of hydrogen-bond donors (Lipinski definition) is 3. The van der Waals surface area contributed by atoms with Crippen molar-refractivity contribution in [3.63, 3.8) is 0 Å². The topological polar surface area (TPSA) is 79.9 Å². The Morgan fingerprint density at radius 3 is 2.76 bits per heavy atom. The van der Waals surface area contributed by atoms with E-state index in [1.54, 1.807) is 19.2 Å². The number of nitrogens with one attached hydrogen (secondary N) is 1. The molecule has 0 saturated heterocycles. The molecular weight excluding hydrogens is 273 g/mol. The molecule has 0 saturated carbocycles.